The second-order valence-corrected chi connectivity index (χ2v) is 5.89. The van der Waals surface area contributed by atoms with Crippen molar-refractivity contribution in [2.45, 2.75) is 24.8 Å². The molecule has 1 rings (SSSR count). The number of sulfonamides is 1. The molecule has 2 N–H and O–H groups in total. The minimum absolute atomic E-state index is 0.0692. The SMILES string of the molecule is CC(C)OCCOC(=O)c1cc(S(N)(=O)=O)c(F)cc1F. The third kappa shape index (κ3) is 5.03. The van der Waals surface area contributed by atoms with E-state index in [9.17, 15) is 22.0 Å². The number of esters is 1. The van der Waals surface area contributed by atoms with E-state index in [0.717, 1.165) is 0 Å². The fourth-order valence-electron chi connectivity index (χ4n) is 1.40. The molecule has 6 nitrogen and oxygen atoms in total. The summed E-state index contributed by atoms with van der Waals surface area (Å²) < 4.78 is 58.9. The molecule has 1 aromatic rings. The number of halogens is 2. The summed E-state index contributed by atoms with van der Waals surface area (Å²) in [5, 5.41) is 4.77. The quantitative estimate of drug-likeness (QED) is 0.627. The summed E-state index contributed by atoms with van der Waals surface area (Å²) in [6, 6.07) is 0.770. The number of carbonyl (C=O) groups is 1. The minimum atomic E-state index is -4.42. The first-order valence-electron chi connectivity index (χ1n) is 5.93. The lowest BCUT2D eigenvalue weighted by molar-refractivity contribution is 0.0173. The van der Waals surface area contributed by atoms with Crippen LogP contribution in [0, 0.1) is 11.6 Å². The maximum atomic E-state index is 13.5. The van der Waals surface area contributed by atoms with Crippen molar-refractivity contribution in [3.8, 4) is 0 Å². The summed E-state index contributed by atoms with van der Waals surface area (Å²) in [7, 11) is -4.42. The van der Waals surface area contributed by atoms with Crippen LogP contribution in [-0.4, -0.2) is 33.7 Å². The number of ether oxygens (including phenoxy) is 2. The molecule has 0 aliphatic heterocycles. The molecule has 0 amide bonds. The third-order valence-corrected chi connectivity index (χ3v) is 3.24. The van der Waals surface area contributed by atoms with Crippen molar-refractivity contribution in [3.63, 3.8) is 0 Å². The fraction of sp³-hybridized carbons (Fsp3) is 0.417. The zero-order valence-electron chi connectivity index (χ0n) is 11.4. The Hall–Kier alpha value is -1.58. The highest BCUT2D eigenvalue weighted by Gasteiger charge is 2.22. The van der Waals surface area contributed by atoms with E-state index in [-0.39, 0.29) is 25.4 Å². The van der Waals surface area contributed by atoms with Gasteiger partial charge in [-0.3, -0.25) is 0 Å². The van der Waals surface area contributed by atoms with Crippen LogP contribution < -0.4 is 5.14 Å². The summed E-state index contributed by atoms with van der Waals surface area (Å²) in [5.74, 6) is -3.76. The maximum absolute atomic E-state index is 13.5. The van der Waals surface area contributed by atoms with Crippen LogP contribution >= 0.6 is 0 Å². The first-order chi connectivity index (χ1) is 9.62. The summed E-state index contributed by atoms with van der Waals surface area (Å²) in [5.41, 5.74) is -0.718. The number of carbonyl (C=O) groups excluding carboxylic acids is 1. The first-order valence-corrected chi connectivity index (χ1v) is 7.48. The fourth-order valence-corrected chi connectivity index (χ4v) is 2.01. The van der Waals surface area contributed by atoms with E-state index >= 15 is 0 Å². The smallest absolute Gasteiger partial charge is 0.341 e. The lowest BCUT2D eigenvalue weighted by Crippen LogP contribution is -2.18. The van der Waals surface area contributed by atoms with Gasteiger partial charge in [0.2, 0.25) is 10.0 Å². The molecule has 0 aliphatic rings. The van der Waals surface area contributed by atoms with Gasteiger partial charge in [0.15, 0.2) is 0 Å². The Morgan fingerprint density at radius 2 is 1.86 bits per heavy atom. The predicted octanol–water partition coefficient (Wildman–Crippen LogP) is 1.19. The molecule has 1 aromatic carbocycles. The van der Waals surface area contributed by atoms with Gasteiger partial charge in [-0.25, -0.2) is 27.1 Å². The zero-order chi connectivity index (χ0) is 16.2. The molecule has 21 heavy (non-hydrogen) atoms. The molecule has 0 unspecified atom stereocenters. The van der Waals surface area contributed by atoms with Crippen LogP contribution in [0.25, 0.3) is 0 Å². The molecule has 0 radical (unpaired) electrons. The zero-order valence-corrected chi connectivity index (χ0v) is 12.2. The molecular weight excluding hydrogens is 308 g/mol. The summed E-state index contributed by atoms with van der Waals surface area (Å²) in [6.07, 6.45) is -0.0692. The number of nitrogens with two attached hydrogens (primary N) is 1. The van der Waals surface area contributed by atoms with Crippen molar-refractivity contribution in [1.29, 1.82) is 0 Å². The highest BCUT2D eigenvalue weighted by Crippen LogP contribution is 2.19. The van der Waals surface area contributed by atoms with Gasteiger partial charge in [-0.15, -0.1) is 0 Å². The lowest BCUT2D eigenvalue weighted by Gasteiger charge is -2.09. The van der Waals surface area contributed by atoms with Crippen LogP contribution in [0.5, 0.6) is 0 Å². The molecule has 0 aliphatic carbocycles. The Morgan fingerprint density at radius 3 is 2.38 bits per heavy atom. The van der Waals surface area contributed by atoms with Gasteiger partial charge in [0.25, 0.3) is 0 Å². The average Bonchev–Trinajstić information content (AvgIpc) is 2.32. The summed E-state index contributed by atoms with van der Waals surface area (Å²) >= 11 is 0. The summed E-state index contributed by atoms with van der Waals surface area (Å²) in [6.45, 7) is 3.49. The molecule has 0 saturated carbocycles. The molecular formula is C12H15F2NO5S. The average molecular weight is 323 g/mol. The van der Waals surface area contributed by atoms with Crippen molar-refractivity contribution >= 4 is 16.0 Å². The molecule has 0 bridgehead atoms. The van der Waals surface area contributed by atoms with Crippen LogP contribution in [0.2, 0.25) is 0 Å². The molecule has 0 spiro atoms. The Balaban J connectivity index is 2.90. The predicted molar refractivity (Wildman–Crippen MR) is 69.1 cm³/mol. The first kappa shape index (κ1) is 17.5. The van der Waals surface area contributed by atoms with Crippen LogP contribution in [0.1, 0.15) is 24.2 Å². The van der Waals surface area contributed by atoms with Gasteiger partial charge >= 0.3 is 5.97 Å². The normalized spacial score (nSPS) is 11.7. The lowest BCUT2D eigenvalue weighted by atomic mass is 10.2. The Kier molecular flexibility index (Phi) is 5.76. The topological polar surface area (TPSA) is 95.7 Å². The van der Waals surface area contributed by atoms with Crippen molar-refractivity contribution in [3.05, 3.63) is 29.3 Å². The van der Waals surface area contributed by atoms with Crippen LogP contribution in [0.4, 0.5) is 8.78 Å². The van der Waals surface area contributed by atoms with Crippen molar-refractivity contribution in [2.24, 2.45) is 5.14 Å². The minimum Gasteiger partial charge on any atom is -0.460 e. The van der Waals surface area contributed by atoms with Crippen molar-refractivity contribution in [2.75, 3.05) is 13.2 Å². The van der Waals surface area contributed by atoms with E-state index in [4.69, 9.17) is 14.6 Å². The maximum Gasteiger partial charge on any atom is 0.341 e. The van der Waals surface area contributed by atoms with Gasteiger partial charge in [0.1, 0.15) is 23.1 Å². The Labute approximate surface area is 120 Å². The van der Waals surface area contributed by atoms with E-state index in [1.54, 1.807) is 13.8 Å². The van der Waals surface area contributed by atoms with Crippen LogP contribution in [0.15, 0.2) is 17.0 Å². The van der Waals surface area contributed by atoms with E-state index in [0.29, 0.717) is 6.07 Å². The Bertz CT molecular complexity index is 631. The van der Waals surface area contributed by atoms with E-state index in [1.165, 1.54) is 0 Å². The molecule has 0 fully saturated rings. The van der Waals surface area contributed by atoms with Crippen molar-refractivity contribution < 1.29 is 31.5 Å². The number of hydrogen-bond acceptors (Lipinski definition) is 5. The third-order valence-electron chi connectivity index (χ3n) is 2.32. The van der Waals surface area contributed by atoms with Gasteiger partial charge < -0.3 is 9.47 Å². The van der Waals surface area contributed by atoms with E-state index < -0.39 is 38.1 Å². The van der Waals surface area contributed by atoms with E-state index in [2.05, 4.69) is 0 Å². The highest BCUT2D eigenvalue weighted by atomic mass is 32.2. The van der Waals surface area contributed by atoms with Crippen LogP contribution in [-0.2, 0) is 19.5 Å². The molecule has 0 heterocycles. The van der Waals surface area contributed by atoms with Gasteiger partial charge in [-0.1, -0.05) is 0 Å². The largest absolute Gasteiger partial charge is 0.460 e. The van der Waals surface area contributed by atoms with Gasteiger partial charge in [-0.2, -0.15) is 0 Å². The summed E-state index contributed by atoms with van der Waals surface area (Å²) in [4.78, 5) is 10.6. The monoisotopic (exact) mass is 323 g/mol. The Morgan fingerprint density at radius 1 is 1.24 bits per heavy atom. The number of hydrogen-bond donors (Lipinski definition) is 1. The second-order valence-electron chi connectivity index (χ2n) is 4.36. The van der Waals surface area contributed by atoms with Gasteiger partial charge in [-0.05, 0) is 19.9 Å². The molecule has 0 aromatic heterocycles. The van der Waals surface area contributed by atoms with Crippen molar-refractivity contribution in [1.82, 2.24) is 0 Å². The second kappa shape index (κ2) is 6.92. The molecule has 0 saturated heterocycles. The van der Waals surface area contributed by atoms with Gasteiger partial charge in [0, 0.05) is 6.07 Å². The standard InChI is InChI=1S/C12H15F2NO5S/c1-7(2)19-3-4-20-12(16)8-5-11(21(15,17)18)10(14)6-9(8)13/h5-7H,3-4H2,1-2H3,(H2,15,17,18). The number of rotatable bonds is 6. The van der Waals surface area contributed by atoms with Gasteiger partial charge in [0.05, 0.1) is 18.3 Å². The van der Waals surface area contributed by atoms with E-state index in [1.807, 2.05) is 0 Å². The molecule has 9 heteroatoms. The number of benzene rings is 1. The molecule has 0 atom stereocenters. The number of primary sulfonamides is 1. The molecule has 118 valence electrons. The van der Waals surface area contributed by atoms with Crippen LogP contribution in [0.3, 0.4) is 0 Å². The highest BCUT2D eigenvalue weighted by molar-refractivity contribution is 7.89.